The van der Waals surface area contributed by atoms with E-state index in [0.717, 1.165) is 5.56 Å². The molecule has 1 aromatic carbocycles. The van der Waals surface area contributed by atoms with E-state index in [-0.39, 0.29) is 74.7 Å². The molecule has 0 fully saturated rings. The average Bonchev–Trinajstić information content (AvgIpc) is 2.06. The van der Waals surface area contributed by atoms with Crippen molar-refractivity contribution < 1.29 is 13.0 Å². The molecule has 1 rings (SSSR count). The van der Waals surface area contributed by atoms with Crippen molar-refractivity contribution in [1.82, 2.24) is 0 Å². The van der Waals surface area contributed by atoms with Gasteiger partial charge in [-0.1, -0.05) is 19.9 Å². The van der Waals surface area contributed by atoms with Gasteiger partial charge in [0.2, 0.25) is 0 Å². The molecule has 0 saturated carbocycles. The van der Waals surface area contributed by atoms with Gasteiger partial charge in [-0.25, -0.2) is 0 Å². The van der Waals surface area contributed by atoms with E-state index >= 15 is 0 Å². The average molecular weight is 316 g/mol. The molecule has 0 aliphatic carbocycles. The Kier molecular flexibility index (Phi) is 6.34. The van der Waals surface area contributed by atoms with Gasteiger partial charge in [-0.15, -0.1) is 0 Å². The van der Waals surface area contributed by atoms with Crippen molar-refractivity contribution in [3.63, 3.8) is 0 Å². The van der Waals surface area contributed by atoms with Gasteiger partial charge in [-0.05, 0) is 30.0 Å². The number of nitrogen functional groups attached to an aromatic ring is 1. The van der Waals surface area contributed by atoms with Gasteiger partial charge in [0.15, 0.2) is 0 Å². The van der Waals surface area contributed by atoms with Gasteiger partial charge in [0.05, 0.1) is 5.69 Å². The van der Waals surface area contributed by atoms with Crippen LogP contribution in [0.5, 0.6) is 0 Å². The summed E-state index contributed by atoms with van der Waals surface area (Å²) in [5.41, 5.74) is 7.49. The Morgan fingerprint density at radius 1 is 1.31 bits per heavy atom. The van der Waals surface area contributed by atoms with Crippen LogP contribution in [0, 0.1) is 6.92 Å². The molecule has 0 bridgehead atoms. The molecule has 0 aliphatic heterocycles. The Morgan fingerprint density at radius 2 is 1.81 bits per heavy atom. The van der Waals surface area contributed by atoms with Crippen LogP contribution < -0.4 is 5.73 Å². The molecule has 0 unspecified atom stereocenters. The molecule has 3 N–H and O–H groups in total. The van der Waals surface area contributed by atoms with Gasteiger partial charge in [0.1, 0.15) is 4.90 Å². The molecule has 0 saturated heterocycles. The van der Waals surface area contributed by atoms with Crippen molar-refractivity contribution >= 4 is 74.0 Å². The summed E-state index contributed by atoms with van der Waals surface area (Å²) in [4.78, 5) is -0.218. The molecule has 16 heavy (non-hydrogen) atoms. The Bertz CT molecular complexity index is 483. The van der Waals surface area contributed by atoms with Crippen LogP contribution in [0.3, 0.4) is 0 Å². The third kappa shape index (κ3) is 3.61. The predicted molar refractivity (Wildman–Crippen MR) is 66.6 cm³/mol. The van der Waals surface area contributed by atoms with E-state index in [1.54, 1.807) is 13.0 Å². The number of rotatable bonds is 2. The van der Waals surface area contributed by atoms with Crippen molar-refractivity contribution in [2.45, 2.75) is 31.6 Å². The van der Waals surface area contributed by atoms with Crippen LogP contribution >= 0.6 is 0 Å². The van der Waals surface area contributed by atoms with Gasteiger partial charge in [-0.2, -0.15) is 8.42 Å². The maximum atomic E-state index is 11.0. The van der Waals surface area contributed by atoms with E-state index in [1.165, 1.54) is 6.07 Å². The van der Waals surface area contributed by atoms with Crippen LogP contribution in [0.25, 0.3) is 0 Å². The Labute approximate surface area is 145 Å². The number of anilines is 1. The summed E-state index contributed by atoms with van der Waals surface area (Å²) >= 11 is 0. The zero-order valence-electron chi connectivity index (χ0n) is 8.98. The van der Waals surface area contributed by atoms with Crippen molar-refractivity contribution in [3.05, 3.63) is 23.3 Å². The summed E-state index contributed by atoms with van der Waals surface area (Å²) < 4.78 is 30.8. The third-order valence-electron chi connectivity index (χ3n) is 2.42. The first-order valence-corrected chi connectivity index (χ1v) is 6.05. The molecule has 0 aliphatic rings. The minimum atomic E-state index is -4.22. The molecule has 86 valence electrons. The Balaban J connectivity index is 0.00000225. The molecular weight excluding hydrogens is 300 g/mol. The summed E-state index contributed by atoms with van der Waals surface area (Å²) in [5.74, 6) is 0.266. The zero-order chi connectivity index (χ0) is 11.8. The number of hydrogen-bond acceptors (Lipinski definition) is 3. The van der Waals surface area contributed by atoms with Crippen LogP contribution in [0.4, 0.5) is 5.69 Å². The fourth-order valence-electron chi connectivity index (χ4n) is 1.57. The normalized spacial score (nSPS) is 11.3. The van der Waals surface area contributed by atoms with Gasteiger partial charge < -0.3 is 5.73 Å². The molecule has 0 amide bonds. The van der Waals surface area contributed by atoms with E-state index in [4.69, 9.17) is 10.3 Å². The molecule has 0 spiro atoms. The van der Waals surface area contributed by atoms with E-state index in [9.17, 15) is 8.42 Å². The summed E-state index contributed by atoms with van der Waals surface area (Å²) in [6.07, 6.45) is 0. The van der Waals surface area contributed by atoms with Crippen molar-refractivity contribution in [1.29, 1.82) is 0 Å². The van der Waals surface area contributed by atoms with Gasteiger partial charge in [0, 0.05) is 0 Å². The maximum absolute atomic E-state index is 11.0. The Hall–Kier alpha value is 0.735. The SMILES string of the molecule is Cc1c(C(C)C)ccc(S(=O)(=O)O)c1N.[RbH]. The van der Waals surface area contributed by atoms with Crippen LogP contribution in [0.2, 0.25) is 0 Å². The first kappa shape index (κ1) is 16.7. The summed E-state index contributed by atoms with van der Waals surface area (Å²) in [6.45, 7) is 5.74. The zero-order valence-corrected chi connectivity index (χ0v) is 9.80. The van der Waals surface area contributed by atoms with E-state index in [2.05, 4.69) is 0 Å². The Morgan fingerprint density at radius 3 is 2.19 bits per heavy atom. The summed E-state index contributed by atoms with van der Waals surface area (Å²) in [6, 6.07) is 3.02. The molecule has 6 heteroatoms. The van der Waals surface area contributed by atoms with E-state index in [0.29, 0.717) is 5.56 Å². The second-order valence-corrected chi connectivity index (χ2v) is 5.21. The van der Waals surface area contributed by atoms with Crippen molar-refractivity contribution in [2.75, 3.05) is 5.73 Å². The predicted octanol–water partition coefficient (Wildman–Crippen LogP) is 1.30. The molecule has 0 aromatic heterocycles. The number of hydrogen-bond donors (Lipinski definition) is 2. The van der Waals surface area contributed by atoms with Gasteiger partial charge >= 0.3 is 58.2 Å². The van der Waals surface area contributed by atoms with Crippen LogP contribution in [-0.4, -0.2) is 71.2 Å². The fourth-order valence-corrected chi connectivity index (χ4v) is 2.24. The topological polar surface area (TPSA) is 80.4 Å². The number of nitrogens with two attached hydrogens (primary N) is 1. The molecule has 1 aromatic rings. The van der Waals surface area contributed by atoms with Crippen molar-refractivity contribution in [3.8, 4) is 0 Å². The van der Waals surface area contributed by atoms with Crippen molar-refractivity contribution in [2.24, 2.45) is 0 Å². The standard InChI is InChI=1S/C10H15NO3S.Rb.H/c1-6(2)8-4-5-9(15(12,13)14)10(11)7(8)3;;/h4-6H,11H2,1-3H3,(H,12,13,14);;. The van der Waals surface area contributed by atoms with Gasteiger partial charge in [0.25, 0.3) is 10.1 Å². The second kappa shape index (κ2) is 6.06. The molecular formula is C10H16NO3RbS. The summed E-state index contributed by atoms with van der Waals surface area (Å²) in [7, 11) is -4.22. The first-order chi connectivity index (χ1) is 6.75. The van der Waals surface area contributed by atoms with Gasteiger partial charge in [-0.3, -0.25) is 4.55 Å². The van der Waals surface area contributed by atoms with Crippen LogP contribution in [0.1, 0.15) is 30.9 Å². The molecule has 4 nitrogen and oxygen atoms in total. The van der Waals surface area contributed by atoms with E-state index < -0.39 is 10.1 Å². The van der Waals surface area contributed by atoms with Crippen LogP contribution in [0.15, 0.2) is 17.0 Å². The number of benzene rings is 1. The third-order valence-corrected chi connectivity index (χ3v) is 3.33. The van der Waals surface area contributed by atoms with Crippen LogP contribution in [-0.2, 0) is 10.1 Å². The second-order valence-electron chi connectivity index (χ2n) is 3.82. The molecule has 0 heterocycles. The molecule has 0 radical (unpaired) electrons. The summed E-state index contributed by atoms with van der Waals surface area (Å²) in [5, 5.41) is 0. The monoisotopic (exact) mass is 315 g/mol. The fraction of sp³-hybridized carbons (Fsp3) is 0.400. The quantitative estimate of drug-likeness (QED) is 0.637. The molecule has 0 atom stereocenters. The van der Waals surface area contributed by atoms with E-state index in [1.807, 2.05) is 13.8 Å². The first-order valence-electron chi connectivity index (χ1n) is 4.61. The minimum absolute atomic E-state index is 0.